The summed E-state index contributed by atoms with van der Waals surface area (Å²) >= 11 is 3.40. The van der Waals surface area contributed by atoms with Crippen molar-refractivity contribution < 1.29 is 4.79 Å². The number of hydrogen-bond acceptors (Lipinski definition) is 1. The van der Waals surface area contributed by atoms with E-state index in [1.54, 1.807) is 0 Å². The molecule has 2 heteroatoms. The fourth-order valence-corrected chi connectivity index (χ4v) is 2.07. The van der Waals surface area contributed by atoms with E-state index in [1.165, 1.54) is 5.56 Å². The molecule has 1 aliphatic rings. The molecule has 1 aromatic rings. The Morgan fingerprint density at radius 1 is 1.50 bits per heavy atom. The summed E-state index contributed by atoms with van der Waals surface area (Å²) in [5.41, 5.74) is 2.10. The van der Waals surface area contributed by atoms with Crippen molar-refractivity contribution in [3.63, 3.8) is 0 Å². The predicted molar refractivity (Wildman–Crippen MR) is 51.5 cm³/mol. The van der Waals surface area contributed by atoms with Gasteiger partial charge in [0.05, 0.1) is 0 Å². The van der Waals surface area contributed by atoms with Crippen molar-refractivity contribution in [2.75, 3.05) is 0 Å². The molecule has 1 nitrogen and oxygen atoms in total. The highest BCUT2D eigenvalue weighted by Crippen LogP contribution is 2.34. The number of carbonyl (C=O) groups excluding carboxylic acids is 1. The third kappa shape index (κ3) is 1.11. The Bertz CT molecular complexity index is 344. The number of rotatable bonds is 0. The molecular formula is C10H9BrO. The van der Waals surface area contributed by atoms with Gasteiger partial charge in [-0.2, -0.15) is 0 Å². The van der Waals surface area contributed by atoms with Gasteiger partial charge < -0.3 is 0 Å². The van der Waals surface area contributed by atoms with Crippen molar-refractivity contribution in [2.45, 2.75) is 19.3 Å². The Labute approximate surface area is 79.9 Å². The van der Waals surface area contributed by atoms with E-state index < -0.39 is 0 Å². The lowest BCUT2D eigenvalue weighted by Gasteiger charge is -2.02. The molecule has 0 aromatic heterocycles. The Kier molecular flexibility index (Phi) is 1.80. The number of hydrogen-bond donors (Lipinski definition) is 0. The van der Waals surface area contributed by atoms with E-state index in [1.807, 2.05) is 18.2 Å². The predicted octanol–water partition coefficient (Wildman–Crippen LogP) is 3.14. The second-order valence-electron chi connectivity index (χ2n) is 3.26. The zero-order chi connectivity index (χ0) is 8.72. The number of Topliss-reactive ketones (excluding diaryl/α,β-unsaturated/α-hetero) is 1. The van der Waals surface area contributed by atoms with Crippen LogP contribution in [0.3, 0.4) is 0 Å². The molecule has 1 unspecified atom stereocenters. The van der Waals surface area contributed by atoms with Gasteiger partial charge in [0, 0.05) is 16.5 Å². The van der Waals surface area contributed by atoms with Crippen LogP contribution in [0.4, 0.5) is 0 Å². The van der Waals surface area contributed by atoms with Gasteiger partial charge in [-0.1, -0.05) is 28.9 Å². The van der Waals surface area contributed by atoms with Crippen LogP contribution in [0.1, 0.15) is 35.2 Å². The Morgan fingerprint density at radius 3 is 3.00 bits per heavy atom. The number of benzene rings is 1. The molecule has 1 atom stereocenters. The summed E-state index contributed by atoms with van der Waals surface area (Å²) in [5, 5.41) is 0. The van der Waals surface area contributed by atoms with Gasteiger partial charge >= 0.3 is 0 Å². The summed E-state index contributed by atoms with van der Waals surface area (Å²) in [5.74, 6) is 0.676. The summed E-state index contributed by atoms with van der Waals surface area (Å²) in [4.78, 5) is 11.4. The lowest BCUT2D eigenvalue weighted by molar-refractivity contribution is 0.0990. The lowest BCUT2D eigenvalue weighted by Crippen LogP contribution is -1.89. The van der Waals surface area contributed by atoms with Crippen LogP contribution in [0.2, 0.25) is 0 Å². The largest absolute Gasteiger partial charge is 0.294 e. The van der Waals surface area contributed by atoms with E-state index in [9.17, 15) is 4.79 Å². The maximum Gasteiger partial charge on any atom is 0.163 e. The summed E-state index contributed by atoms with van der Waals surface area (Å²) in [6.45, 7) is 2.09. The van der Waals surface area contributed by atoms with E-state index in [2.05, 4.69) is 22.9 Å². The first-order valence-electron chi connectivity index (χ1n) is 4.01. The molecule has 2 rings (SSSR count). The Morgan fingerprint density at radius 2 is 2.25 bits per heavy atom. The first-order valence-corrected chi connectivity index (χ1v) is 4.80. The Hall–Kier alpha value is -0.630. The highest BCUT2D eigenvalue weighted by Gasteiger charge is 2.25. The van der Waals surface area contributed by atoms with Gasteiger partial charge in [0.2, 0.25) is 0 Å². The van der Waals surface area contributed by atoms with Crippen molar-refractivity contribution in [3.05, 3.63) is 33.8 Å². The normalized spacial score (nSPS) is 21.2. The lowest BCUT2D eigenvalue weighted by atomic mass is 10.0. The molecule has 0 bridgehead atoms. The molecule has 0 radical (unpaired) electrons. The number of carbonyl (C=O) groups is 1. The number of fused-ring (bicyclic) bond motifs is 1. The molecule has 0 fully saturated rings. The average molecular weight is 225 g/mol. The van der Waals surface area contributed by atoms with E-state index in [-0.39, 0.29) is 5.78 Å². The minimum atomic E-state index is 0.282. The maximum atomic E-state index is 11.4. The molecule has 12 heavy (non-hydrogen) atoms. The van der Waals surface area contributed by atoms with Crippen LogP contribution >= 0.6 is 15.9 Å². The fourth-order valence-electron chi connectivity index (χ4n) is 1.69. The van der Waals surface area contributed by atoms with Crippen molar-refractivity contribution in [1.82, 2.24) is 0 Å². The zero-order valence-electron chi connectivity index (χ0n) is 6.80. The van der Waals surface area contributed by atoms with Gasteiger partial charge in [0.1, 0.15) is 0 Å². The molecule has 1 aliphatic carbocycles. The molecule has 1 aromatic carbocycles. The summed E-state index contributed by atoms with van der Waals surface area (Å²) < 4.78 is 1.06. The second kappa shape index (κ2) is 2.70. The summed E-state index contributed by atoms with van der Waals surface area (Å²) in [6, 6.07) is 5.88. The van der Waals surface area contributed by atoms with Crippen LogP contribution in [-0.2, 0) is 0 Å². The summed E-state index contributed by atoms with van der Waals surface area (Å²) in [7, 11) is 0. The van der Waals surface area contributed by atoms with Crippen LogP contribution in [0.25, 0.3) is 0 Å². The topological polar surface area (TPSA) is 17.1 Å². The molecule has 0 spiro atoms. The van der Waals surface area contributed by atoms with Crippen LogP contribution in [0.15, 0.2) is 22.7 Å². The molecule has 0 saturated carbocycles. The Balaban J connectivity index is 2.60. The summed E-state index contributed by atoms with van der Waals surface area (Å²) in [6.07, 6.45) is 0.672. The minimum Gasteiger partial charge on any atom is -0.294 e. The van der Waals surface area contributed by atoms with Crippen molar-refractivity contribution in [2.24, 2.45) is 0 Å². The maximum absolute atomic E-state index is 11.4. The van der Waals surface area contributed by atoms with E-state index >= 15 is 0 Å². The average Bonchev–Trinajstić information content (AvgIpc) is 2.28. The van der Waals surface area contributed by atoms with Crippen molar-refractivity contribution in [1.29, 1.82) is 0 Å². The first kappa shape index (κ1) is 7.99. The van der Waals surface area contributed by atoms with Crippen LogP contribution < -0.4 is 0 Å². The van der Waals surface area contributed by atoms with Crippen LogP contribution in [0.5, 0.6) is 0 Å². The van der Waals surface area contributed by atoms with Crippen LogP contribution in [-0.4, -0.2) is 5.78 Å². The quantitative estimate of drug-likeness (QED) is 0.662. The van der Waals surface area contributed by atoms with Gasteiger partial charge in [0.15, 0.2) is 5.78 Å². The SMILES string of the molecule is CC1CC(=O)c2ccc(Br)cc21. The van der Waals surface area contributed by atoms with E-state index in [0.717, 1.165) is 10.0 Å². The first-order chi connectivity index (χ1) is 5.68. The van der Waals surface area contributed by atoms with Gasteiger partial charge in [-0.25, -0.2) is 0 Å². The van der Waals surface area contributed by atoms with Gasteiger partial charge in [-0.15, -0.1) is 0 Å². The molecule has 0 amide bonds. The number of halogens is 1. The monoisotopic (exact) mass is 224 g/mol. The highest BCUT2D eigenvalue weighted by atomic mass is 79.9. The van der Waals surface area contributed by atoms with Crippen molar-refractivity contribution in [3.8, 4) is 0 Å². The fraction of sp³-hybridized carbons (Fsp3) is 0.300. The molecule has 0 aliphatic heterocycles. The van der Waals surface area contributed by atoms with Crippen molar-refractivity contribution >= 4 is 21.7 Å². The zero-order valence-corrected chi connectivity index (χ0v) is 8.39. The van der Waals surface area contributed by atoms with Gasteiger partial charge in [-0.05, 0) is 23.6 Å². The standard InChI is InChI=1S/C10H9BrO/c1-6-4-10(12)8-3-2-7(11)5-9(6)8/h2-3,5-6H,4H2,1H3. The smallest absolute Gasteiger partial charge is 0.163 e. The number of ketones is 1. The highest BCUT2D eigenvalue weighted by molar-refractivity contribution is 9.10. The molecule has 0 heterocycles. The second-order valence-corrected chi connectivity index (χ2v) is 4.18. The third-order valence-electron chi connectivity index (χ3n) is 2.34. The molecule has 0 N–H and O–H groups in total. The molecule has 62 valence electrons. The molecular weight excluding hydrogens is 216 g/mol. The third-order valence-corrected chi connectivity index (χ3v) is 2.83. The van der Waals surface area contributed by atoms with Gasteiger partial charge in [-0.3, -0.25) is 4.79 Å². The van der Waals surface area contributed by atoms with Gasteiger partial charge in [0.25, 0.3) is 0 Å². The van der Waals surface area contributed by atoms with E-state index in [4.69, 9.17) is 0 Å². The molecule has 0 saturated heterocycles. The van der Waals surface area contributed by atoms with Crippen LogP contribution in [0, 0.1) is 0 Å². The minimum absolute atomic E-state index is 0.282. The van der Waals surface area contributed by atoms with E-state index in [0.29, 0.717) is 12.3 Å².